The zero-order valence-electron chi connectivity index (χ0n) is 14.4. The molecule has 0 heterocycles. The first-order valence-corrected chi connectivity index (χ1v) is 8.49. The third kappa shape index (κ3) is 7.10. The Labute approximate surface area is 134 Å². The maximum atomic E-state index is 11.0. The summed E-state index contributed by atoms with van der Waals surface area (Å²) in [5.41, 5.74) is 0. The normalized spacial score (nSPS) is 24.4. The third-order valence-corrected chi connectivity index (χ3v) is 4.09. The van der Waals surface area contributed by atoms with Crippen LogP contribution in [0.4, 0.5) is 0 Å². The molecule has 2 aliphatic rings. The second-order valence-electron chi connectivity index (χ2n) is 5.75. The van der Waals surface area contributed by atoms with Crippen molar-refractivity contribution in [3.05, 3.63) is 0 Å². The minimum Gasteiger partial charge on any atom is -0.299 e. The van der Waals surface area contributed by atoms with Crippen molar-refractivity contribution in [3.8, 4) is 0 Å². The maximum Gasteiger partial charge on any atom is 0.143 e. The molecule has 4 nitrogen and oxygen atoms in total. The number of hydrogen-bond acceptors (Lipinski definition) is 4. The van der Waals surface area contributed by atoms with Gasteiger partial charge in [-0.05, 0) is 39.5 Å². The van der Waals surface area contributed by atoms with Crippen LogP contribution in [0.3, 0.4) is 0 Å². The molecule has 2 unspecified atom stereocenters. The lowest BCUT2D eigenvalue weighted by atomic mass is 9.86. The first-order chi connectivity index (χ1) is 10.4. The fraction of sp³-hybridized carbons (Fsp3) is 0.778. The highest BCUT2D eigenvalue weighted by Gasteiger charge is 2.26. The second kappa shape index (κ2) is 11.3. The molecule has 2 saturated carbocycles. The van der Waals surface area contributed by atoms with Crippen molar-refractivity contribution in [1.29, 1.82) is 0 Å². The van der Waals surface area contributed by atoms with Crippen molar-refractivity contribution in [2.24, 2.45) is 11.8 Å². The van der Waals surface area contributed by atoms with Crippen LogP contribution in [0, 0.1) is 11.8 Å². The van der Waals surface area contributed by atoms with E-state index in [-0.39, 0.29) is 35.0 Å². The minimum atomic E-state index is -0.256. The van der Waals surface area contributed by atoms with Crippen LogP contribution in [-0.2, 0) is 19.2 Å². The summed E-state index contributed by atoms with van der Waals surface area (Å²) in [6.07, 6.45) is 6.83. The van der Waals surface area contributed by atoms with Crippen LogP contribution in [0.15, 0.2) is 0 Å². The summed E-state index contributed by atoms with van der Waals surface area (Å²) >= 11 is 0. The van der Waals surface area contributed by atoms with Crippen molar-refractivity contribution in [1.82, 2.24) is 0 Å². The van der Waals surface area contributed by atoms with Gasteiger partial charge in [0.15, 0.2) is 0 Å². The molecule has 0 N–H and O–H groups in total. The summed E-state index contributed by atoms with van der Waals surface area (Å²) < 4.78 is 0. The number of Topliss-reactive ketones (excluding diaryl/α,β-unsaturated/α-hetero) is 4. The smallest absolute Gasteiger partial charge is 0.143 e. The Balaban J connectivity index is 0.000000360. The van der Waals surface area contributed by atoms with Crippen LogP contribution in [0.5, 0.6) is 0 Å². The van der Waals surface area contributed by atoms with E-state index in [2.05, 4.69) is 0 Å². The van der Waals surface area contributed by atoms with Gasteiger partial charge in [0.2, 0.25) is 0 Å². The van der Waals surface area contributed by atoms with Crippen LogP contribution in [0.25, 0.3) is 0 Å². The van der Waals surface area contributed by atoms with Crippen LogP contribution < -0.4 is 0 Å². The van der Waals surface area contributed by atoms with Gasteiger partial charge in [-0.2, -0.15) is 0 Å². The molecule has 2 aliphatic carbocycles. The summed E-state index contributed by atoms with van der Waals surface area (Å²) in [5.74, 6) is -0.116. The van der Waals surface area contributed by atoms with Crippen molar-refractivity contribution < 1.29 is 19.2 Å². The van der Waals surface area contributed by atoms with Gasteiger partial charge >= 0.3 is 0 Å². The van der Waals surface area contributed by atoms with E-state index >= 15 is 0 Å². The third-order valence-electron chi connectivity index (χ3n) is 4.09. The lowest BCUT2D eigenvalue weighted by molar-refractivity contribution is -0.134. The zero-order chi connectivity index (χ0) is 17.1. The number of hydrogen-bond donors (Lipinski definition) is 0. The van der Waals surface area contributed by atoms with Crippen LogP contribution in [0.1, 0.15) is 79.1 Å². The summed E-state index contributed by atoms with van der Waals surface area (Å²) in [4.78, 5) is 43.6. The Morgan fingerprint density at radius 2 is 1.05 bits per heavy atom. The van der Waals surface area contributed by atoms with E-state index in [9.17, 15) is 19.2 Å². The van der Waals surface area contributed by atoms with E-state index in [0.717, 1.165) is 38.5 Å². The standard InChI is InChI=1S/2C8H12O2.C2H6/c2*1-6(9)7-4-2-3-5-8(7)10;1-2/h2*7H,2-5H2,1H3;1-2H3. The zero-order valence-corrected chi connectivity index (χ0v) is 14.4. The van der Waals surface area contributed by atoms with E-state index in [1.54, 1.807) is 0 Å². The fourth-order valence-corrected chi connectivity index (χ4v) is 2.83. The molecule has 0 aromatic rings. The van der Waals surface area contributed by atoms with Crippen molar-refractivity contribution in [2.75, 3.05) is 0 Å². The molecule has 4 heteroatoms. The van der Waals surface area contributed by atoms with E-state index in [1.807, 2.05) is 13.8 Å². The van der Waals surface area contributed by atoms with E-state index in [4.69, 9.17) is 0 Å². The molecule has 0 spiro atoms. The number of rotatable bonds is 2. The van der Waals surface area contributed by atoms with Gasteiger partial charge in [0.05, 0.1) is 11.8 Å². The first kappa shape index (κ1) is 20.7. The van der Waals surface area contributed by atoms with Crippen molar-refractivity contribution in [3.63, 3.8) is 0 Å². The molecule has 0 amide bonds. The lowest BCUT2D eigenvalue weighted by Gasteiger charge is -2.16. The Morgan fingerprint density at radius 3 is 1.23 bits per heavy atom. The Hall–Kier alpha value is -1.32. The molecule has 0 aliphatic heterocycles. The number of carbonyl (C=O) groups is 4. The average molecular weight is 310 g/mol. The maximum absolute atomic E-state index is 11.0. The first-order valence-electron chi connectivity index (χ1n) is 8.49. The molecule has 0 bridgehead atoms. The molecule has 0 aromatic heterocycles. The average Bonchev–Trinajstić information content (AvgIpc) is 2.50. The quantitative estimate of drug-likeness (QED) is 0.729. The molecular weight excluding hydrogens is 280 g/mol. The summed E-state index contributed by atoms with van der Waals surface area (Å²) in [5, 5.41) is 0. The van der Waals surface area contributed by atoms with Gasteiger partial charge in [-0.1, -0.05) is 26.7 Å². The molecule has 22 heavy (non-hydrogen) atoms. The van der Waals surface area contributed by atoms with Gasteiger partial charge in [-0.15, -0.1) is 0 Å². The monoisotopic (exact) mass is 310 g/mol. The van der Waals surface area contributed by atoms with Gasteiger partial charge < -0.3 is 0 Å². The molecule has 0 saturated heterocycles. The van der Waals surface area contributed by atoms with E-state index < -0.39 is 0 Å². The number of ketones is 4. The van der Waals surface area contributed by atoms with Gasteiger partial charge in [-0.25, -0.2) is 0 Å². The lowest BCUT2D eigenvalue weighted by Crippen LogP contribution is -2.24. The van der Waals surface area contributed by atoms with Gasteiger partial charge in [-0.3, -0.25) is 19.2 Å². The molecule has 2 atom stereocenters. The predicted octanol–water partition coefficient (Wildman–Crippen LogP) is 3.70. The van der Waals surface area contributed by atoms with Gasteiger partial charge in [0.25, 0.3) is 0 Å². The largest absolute Gasteiger partial charge is 0.299 e. The van der Waals surface area contributed by atoms with Crippen LogP contribution in [0.2, 0.25) is 0 Å². The van der Waals surface area contributed by atoms with Crippen LogP contribution in [-0.4, -0.2) is 23.1 Å². The number of carbonyl (C=O) groups excluding carboxylic acids is 4. The molecular formula is C18H30O4. The highest BCUT2D eigenvalue weighted by atomic mass is 16.2. The van der Waals surface area contributed by atoms with Gasteiger partial charge in [0, 0.05) is 12.8 Å². The minimum absolute atomic E-state index is 0.0460. The van der Waals surface area contributed by atoms with Crippen LogP contribution >= 0.6 is 0 Å². The molecule has 126 valence electrons. The predicted molar refractivity (Wildman–Crippen MR) is 86.6 cm³/mol. The highest BCUT2D eigenvalue weighted by Crippen LogP contribution is 2.21. The second-order valence-corrected chi connectivity index (χ2v) is 5.75. The fourth-order valence-electron chi connectivity index (χ4n) is 2.83. The topological polar surface area (TPSA) is 68.3 Å². The van der Waals surface area contributed by atoms with Gasteiger partial charge in [0.1, 0.15) is 23.1 Å². The van der Waals surface area contributed by atoms with Crippen molar-refractivity contribution >= 4 is 23.1 Å². The molecule has 2 fully saturated rings. The summed E-state index contributed by atoms with van der Waals surface area (Å²) in [6.45, 7) is 7.02. The van der Waals surface area contributed by atoms with Crippen molar-refractivity contribution in [2.45, 2.75) is 79.1 Å². The summed E-state index contributed by atoms with van der Waals surface area (Å²) in [6, 6.07) is 0. The molecule has 0 radical (unpaired) electrons. The SMILES string of the molecule is CC.CC(=O)C1CCCCC1=O.CC(=O)C1CCCCC1=O. The Kier molecular flexibility index (Phi) is 10.6. The Bertz CT molecular complexity index is 360. The van der Waals surface area contributed by atoms with E-state index in [0.29, 0.717) is 12.8 Å². The Morgan fingerprint density at radius 1 is 0.727 bits per heavy atom. The summed E-state index contributed by atoms with van der Waals surface area (Å²) in [7, 11) is 0. The molecule has 0 aromatic carbocycles. The van der Waals surface area contributed by atoms with E-state index in [1.165, 1.54) is 13.8 Å². The highest BCUT2D eigenvalue weighted by molar-refractivity contribution is 6.02. The molecule has 2 rings (SSSR count).